The second-order valence-electron chi connectivity index (χ2n) is 16.3. The van der Waals surface area contributed by atoms with Gasteiger partial charge in [-0.2, -0.15) is 0 Å². The fourth-order valence-electron chi connectivity index (χ4n) is 7.17. The molecule has 8 nitrogen and oxygen atoms in total. The van der Waals surface area contributed by atoms with Crippen molar-refractivity contribution in [2.24, 2.45) is 5.73 Å². The van der Waals surface area contributed by atoms with Crippen molar-refractivity contribution in [3.8, 4) is 0 Å². The minimum Gasteiger partial charge on any atom is -0.391 e. The van der Waals surface area contributed by atoms with Crippen molar-refractivity contribution in [3.05, 3.63) is 24.3 Å². The van der Waals surface area contributed by atoms with E-state index < -0.39 is 20.0 Å². The van der Waals surface area contributed by atoms with Crippen molar-refractivity contribution in [1.29, 1.82) is 0 Å². The summed E-state index contributed by atoms with van der Waals surface area (Å²) in [6.07, 6.45) is 50.4. The third-order valence-corrected chi connectivity index (χ3v) is 11.8. The Morgan fingerprint density at radius 2 is 0.982 bits per heavy atom. The molecule has 0 aliphatic carbocycles. The number of amides is 1. The van der Waals surface area contributed by atoms with Crippen LogP contribution in [0.2, 0.25) is 0 Å². The Hall–Kier alpha value is -1.02. The van der Waals surface area contributed by atoms with Crippen LogP contribution in [0.15, 0.2) is 24.3 Å². The fraction of sp³-hybridized carbons (Fsp3) is 0.894. The highest BCUT2D eigenvalue weighted by molar-refractivity contribution is 7.47. The summed E-state index contributed by atoms with van der Waals surface area (Å²) >= 11 is 0. The third-order valence-electron chi connectivity index (χ3n) is 10.8. The summed E-state index contributed by atoms with van der Waals surface area (Å²) in [5.74, 6) is -0.167. The van der Waals surface area contributed by atoms with Crippen molar-refractivity contribution in [2.45, 2.75) is 251 Å². The quantitative estimate of drug-likeness (QED) is 0.0273. The zero-order valence-electron chi connectivity index (χ0n) is 36.9. The molecule has 332 valence electrons. The van der Waals surface area contributed by atoms with Crippen LogP contribution in [0.4, 0.5) is 0 Å². The van der Waals surface area contributed by atoms with Gasteiger partial charge in [0.25, 0.3) is 0 Å². The fourth-order valence-corrected chi connectivity index (χ4v) is 7.93. The van der Waals surface area contributed by atoms with Crippen LogP contribution in [-0.2, 0) is 18.4 Å². The molecule has 0 aromatic carbocycles. The smallest absolute Gasteiger partial charge is 0.391 e. The standard InChI is InChI=1S/C47H93N2O6P/c1-3-5-7-9-11-13-15-17-19-21-22-23-25-26-28-30-32-34-36-38-40-46(50)45(44-55-56(52,53)54-43-42-48)49-47(51)41-39-37-35-33-31-29-27-24-20-18-16-14-12-10-8-6-4-2/h12,14,18,20,45-46,50H,3-11,13,15-17,19,21-44,48H2,1-2H3,(H,49,51)(H,52,53)/b14-12-,20-18-. The van der Waals surface area contributed by atoms with E-state index in [9.17, 15) is 19.4 Å². The number of nitrogens with two attached hydrogens (primary N) is 1. The summed E-state index contributed by atoms with van der Waals surface area (Å²) < 4.78 is 22.2. The summed E-state index contributed by atoms with van der Waals surface area (Å²) in [5.41, 5.74) is 5.39. The van der Waals surface area contributed by atoms with Gasteiger partial charge in [0.1, 0.15) is 0 Å². The Labute approximate surface area is 347 Å². The second kappa shape index (κ2) is 43.6. The van der Waals surface area contributed by atoms with Gasteiger partial charge in [-0.15, -0.1) is 0 Å². The molecular weight excluding hydrogens is 719 g/mol. The van der Waals surface area contributed by atoms with E-state index in [0.717, 1.165) is 51.4 Å². The van der Waals surface area contributed by atoms with E-state index in [1.54, 1.807) is 0 Å². The van der Waals surface area contributed by atoms with Crippen LogP contribution in [0, 0.1) is 0 Å². The second-order valence-corrected chi connectivity index (χ2v) is 17.8. The number of nitrogens with one attached hydrogen (secondary N) is 1. The molecule has 0 saturated carbocycles. The van der Waals surface area contributed by atoms with Gasteiger partial charge in [0.05, 0.1) is 25.4 Å². The lowest BCUT2D eigenvalue weighted by Gasteiger charge is -2.25. The van der Waals surface area contributed by atoms with Gasteiger partial charge in [-0.3, -0.25) is 13.8 Å². The Morgan fingerprint density at radius 3 is 1.45 bits per heavy atom. The summed E-state index contributed by atoms with van der Waals surface area (Å²) in [4.78, 5) is 22.8. The minimum atomic E-state index is -4.32. The number of aliphatic hydroxyl groups is 1. The van der Waals surface area contributed by atoms with Crippen LogP contribution >= 0.6 is 7.82 Å². The zero-order chi connectivity index (χ0) is 41.1. The Balaban J connectivity index is 4.09. The number of phosphoric ester groups is 1. The lowest BCUT2D eigenvalue weighted by atomic mass is 10.0. The lowest BCUT2D eigenvalue weighted by molar-refractivity contribution is -0.123. The minimum absolute atomic E-state index is 0.0881. The van der Waals surface area contributed by atoms with E-state index in [2.05, 4.69) is 43.5 Å². The Bertz CT molecular complexity index is 932. The maximum absolute atomic E-state index is 12.8. The average Bonchev–Trinajstić information content (AvgIpc) is 3.19. The molecule has 56 heavy (non-hydrogen) atoms. The normalized spacial score (nSPS) is 14.2. The largest absolute Gasteiger partial charge is 0.472 e. The number of allylic oxidation sites excluding steroid dienone is 4. The van der Waals surface area contributed by atoms with Crippen LogP contribution in [-0.4, -0.2) is 47.8 Å². The van der Waals surface area contributed by atoms with Crippen LogP contribution in [0.1, 0.15) is 239 Å². The Kier molecular flexibility index (Phi) is 42.8. The lowest BCUT2D eigenvalue weighted by Crippen LogP contribution is -2.46. The van der Waals surface area contributed by atoms with Gasteiger partial charge >= 0.3 is 7.82 Å². The Morgan fingerprint density at radius 1 is 0.589 bits per heavy atom. The molecule has 0 aliphatic rings. The van der Waals surface area contributed by atoms with E-state index in [1.807, 2.05) is 0 Å². The molecule has 9 heteroatoms. The van der Waals surface area contributed by atoms with Crippen LogP contribution in [0.3, 0.4) is 0 Å². The average molecular weight is 813 g/mol. The van der Waals surface area contributed by atoms with E-state index in [4.69, 9.17) is 14.8 Å². The van der Waals surface area contributed by atoms with Crippen molar-refractivity contribution < 1.29 is 28.4 Å². The van der Waals surface area contributed by atoms with Crippen LogP contribution < -0.4 is 11.1 Å². The molecule has 0 aromatic heterocycles. The first-order valence-electron chi connectivity index (χ1n) is 24.0. The molecule has 0 heterocycles. The molecule has 0 bridgehead atoms. The number of hydrogen-bond acceptors (Lipinski definition) is 6. The highest BCUT2D eigenvalue weighted by atomic mass is 31.2. The maximum atomic E-state index is 12.8. The predicted molar refractivity (Wildman–Crippen MR) is 240 cm³/mol. The van der Waals surface area contributed by atoms with Crippen LogP contribution in [0.25, 0.3) is 0 Å². The number of phosphoric acid groups is 1. The number of hydrogen-bond donors (Lipinski definition) is 4. The number of aliphatic hydroxyl groups excluding tert-OH is 1. The molecule has 0 saturated heterocycles. The molecule has 0 radical (unpaired) electrons. The highest BCUT2D eigenvalue weighted by Gasteiger charge is 2.27. The number of carbonyl (C=O) groups excluding carboxylic acids is 1. The molecule has 5 N–H and O–H groups in total. The maximum Gasteiger partial charge on any atom is 0.472 e. The number of rotatable bonds is 45. The first-order valence-corrected chi connectivity index (χ1v) is 25.4. The van der Waals surface area contributed by atoms with Gasteiger partial charge in [-0.25, -0.2) is 4.57 Å². The monoisotopic (exact) mass is 813 g/mol. The summed E-state index contributed by atoms with van der Waals surface area (Å²) in [5, 5.41) is 13.8. The third kappa shape index (κ3) is 41.2. The molecule has 3 atom stereocenters. The summed E-state index contributed by atoms with van der Waals surface area (Å²) in [6, 6.07) is -0.777. The highest BCUT2D eigenvalue weighted by Crippen LogP contribution is 2.43. The number of unbranched alkanes of at least 4 members (excludes halogenated alkanes) is 29. The van der Waals surface area contributed by atoms with Crippen LogP contribution in [0.5, 0.6) is 0 Å². The van der Waals surface area contributed by atoms with E-state index in [0.29, 0.717) is 12.8 Å². The van der Waals surface area contributed by atoms with Crippen molar-refractivity contribution >= 4 is 13.7 Å². The first kappa shape index (κ1) is 55.0. The topological polar surface area (TPSA) is 131 Å². The van der Waals surface area contributed by atoms with Gasteiger partial charge in [0.2, 0.25) is 5.91 Å². The molecule has 0 spiro atoms. The molecule has 1 amide bonds. The van der Waals surface area contributed by atoms with Gasteiger partial charge in [-0.05, 0) is 44.9 Å². The first-order chi connectivity index (χ1) is 27.4. The van der Waals surface area contributed by atoms with Gasteiger partial charge in [0, 0.05) is 13.0 Å². The SMILES string of the molecule is CCCCC/C=C\C/C=C\CCCCCCCCCC(=O)NC(COP(=O)(O)OCCN)C(O)CCCCCCCCCCCCCCCCCCCCCC. The van der Waals surface area contributed by atoms with E-state index in [1.165, 1.54) is 161 Å². The molecule has 0 aromatic rings. The van der Waals surface area contributed by atoms with Crippen molar-refractivity contribution in [2.75, 3.05) is 19.8 Å². The number of carbonyl (C=O) groups is 1. The molecule has 0 aliphatic heterocycles. The van der Waals surface area contributed by atoms with Gasteiger partial charge in [-0.1, -0.05) is 212 Å². The van der Waals surface area contributed by atoms with Gasteiger partial charge < -0.3 is 21.1 Å². The summed E-state index contributed by atoms with van der Waals surface area (Å²) in [6.45, 7) is 4.20. The van der Waals surface area contributed by atoms with Crippen molar-refractivity contribution in [1.82, 2.24) is 5.32 Å². The van der Waals surface area contributed by atoms with E-state index in [-0.39, 0.29) is 25.7 Å². The predicted octanol–water partition coefficient (Wildman–Crippen LogP) is 13.7. The molecular formula is C47H93N2O6P. The molecule has 3 unspecified atom stereocenters. The molecule has 0 rings (SSSR count). The zero-order valence-corrected chi connectivity index (χ0v) is 37.8. The molecule has 0 fully saturated rings. The summed E-state index contributed by atoms with van der Waals surface area (Å²) in [7, 11) is -4.32. The van der Waals surface area contributed by atoms with Gasteiger partial charge in [0.15, 0.2) is 0 Å². The van der Waals surface area contributed by atoms with Crippen molar-refractivity contribution in [3.63, 3.8) is 0 Å². The van der Waals surface area contributed by atoms with E-state index >= 15 is 0 Å².